The van der Waals surface area contributed by atoms with Crippen LogP contribution in [0.25, 0.3) is 0 Å². The second-order valence-corrected chi connectivity index (χ2v) is 6.19. The molecule has 2 atom stereocenters. The highest BCUT2D eigenvalue weighted by molar-refractivity contribution is 6.31. The fraction of sp³-hybridized carbons (Fsp3) is 0.429. The zero-order valence-corrected chi connectivity index (χ0v) is 15.0. The van der Waals surface area contributed by atoms with Crippen LogP contribution in [-0.4, -0.2) is 52.6 Å². The van der Waals surface area contributed by atoms with Gasteiger partial charge in [-0.15, -0.1) is 12.4 Å². The number of carbonyl (C=O) groups excluding carboxylic acids is 1. The van der Waals surface area contributed by atoms with E-state index in [0.29, 0.717) is 0 Å². The molecule has 0 radical (unpaired) electrons. The van der Waals surface area contributed by atoms with Gasteiger partial charge in [-0.25, -0.2) is 0 Å². The van der Waals surface area contributed by atoms with Crippen LogP contribution in [0.15, 0.2) is 18.2 Å². The van der Waals surface area contributed by atoms with E-state index < -0.39 is 60.1 Å². The minimum atomic E-state index is -4.71. The highest BCUT2D eigenvalue weighted by atomic mass is 35.5. The highest BCUT2D eigenvalue weighted by Crippen LogP contribution is 2.37. The van der Waals surface area contributed by atoms with E-state index in [1.54, 1.807) is 0 Å². The topological polar surface area (TPSA) is 113 Å². The number of hydrogen-bond acceptors (Lipinski definition) is 5. The Balaban J connectivity index is 0.00000364. The molecule has 0 bridgehead atoms. The van der Waals surface area contributed by atoms with Crippen molar-refractivity contribution in [2.45, 2.75) is 6.18 Å². The van der Waals surface area contributed by atoms with Gasteiger partial charge in [0, 0.05) is 24.2 Å². The second kappa shape index (κ2) is 8.72. The molecule has 0 aromatic heterocycles. The van der Waals surface area contributed by atoms with Crippen molar-refractivity contribution >= 4 is 47.3 Å². The fourth-order valence-electron chi connectivity index (χ4n) is 2.75. The Hall–Kier alpha value is -2.11. The van der Waals surface area contributed by atoms with E-state index in [1.165, 1.54) is 12.1 Å². The first-order valence-electron chi connectivity index (χ1n) is 7.24. The molecular formula is C14H14Cl2F3N3O5. The summed E-state index contributed by atoms with van der Waals surface area (Å²) < 4.78 is 38.8. The van der Waals surface area contributed by atoms with Crippen LogP contribution >= 0.6 is 24.0 Å². The van der Waals surface area contributed by atoms with Crippen LogP contribution < -0.4 is 5.32 Å². The number of aliphatic carboxylic acids is 1. The first-order valence-corrected chi connectivity index (χ1v) is 7.62. The molecule has 2 N–H and O–H groups in total. The van der Waals surface area contributed by atoms with Gasteiger partial charge in [0.25, 0.3) is 5.69 Å². The molecule has 13 heteroatoms. The molecule has 1 aromatic carbocycles. The third kappa shape index (κ3) is 5.68. The number of carboxylic acid groups (broad SMARTS) is 1. The Labute approximate surface area is 161 Å². The summed E-state index contributed by atoms with van der Waals surface area (Å²) in [6.45, 7) is -1.62. The second-order valence-electron chi connectivity index (χ2n) is 5.75. The van der Waals surface area contributed by atoms with Crippen molar-refractivity contribution in [3.8, 4) is 0 Å². The average molecular weight is 432 g/mol. The summed E-state index contributed by atoms with van der Waals surface area (Å²) in [7, 11) is 0. The third-order valence-corrected chi connectivity index (χ3v) is 4.17. The Morgan fingerprint density at radius 1 is 1.37 bits per heavy atom. The van der Waals surface area contributed by atoms with Crippen LogP contribution in [0.5, 0.6) is 0 Å². The molecule has 1 saturated heterocycles. The van der Waals surface area contributed by atoms with Gasteiger partial charge >= 0.3 is 12.1 Å². The summed E-state index contributed by atoms with van der Waals surface area (Å²) in [6.07, 6.45) is -4.71. The first kappa shape index (κ1) is 22.9. The SMILES string of the molecule is Cl.O=C(CN1C[C@@H](C(F)(F)F)[C@H](C(=O)O)C1)Nc1ccc(Cl)cc1[N+](=O)[O-]. The van der Waals surface area contributed by atoms with Gasteiger partial charge < -0.3 is 10.4 Å². The van der Waals surface area contributed by atoms with Crippen LogP contribution in [-0.2, 0) is 9.59 Å². The predicted molar refractivity (Wildman–Crippen MR) is 91.1 cm³/mol. The number of likely N-dealkylation sites (tertiary alicyclic amines) is 1. The number of amides is 1. The van der Waals surface area contributed by atoms with E-state index in [1.807, 2.05) is 0 Å². The monoisotopic (exact) mass is 431 g/mol. The molecule has 0 unspecified atom stereocenters. The molecule has 1 heterocycles. The van der Waals surface area contributed by atoms with Crippen LogP contribution in [0.2, 0.25) is 5.02 Å². The lowest BCUT2D eigenvalue weighted by Gasteiger charge is -2.18. The van der Waals surface area contributed by atoms with Gasteiger partial charge in [-0.3, -0.25) is 24.6 Å². The Morgan fingerprint density at radius 3 is 2.48 bits per heavy atom. The molecule has 8 nitrogen and oxygen atoms in total. The van der Waals surface area contributed by atoms with Crippen molar-refractivity contribution in [3.63, 3.8) is 0 Å². The van der Waals surface area contributed by atoms with Crippen molar-refractivity contribution in [1.29, 1.82) is 0 Å². The zero-order chi connectivity index (χ0) is 19.6. The van der Waals surface area contributed by atoms with Crippen molar-refractivity contribution in [3.05, 3.63) is 33.3 Å². The number of halogens is 5. The van der Waals surface area contributed by atoms with Gasteiger partial charge in [-0.05, 0) is 12.1 Å². The highest BCUT2D eigenvalue weighted by Gasteiger charge is 2.52. The quantitative estimate of drug-likeness (QED) is 0.547. The molecule has 1 fully saturated rings. The summed E-state index contributed by atoms with van der Waals surface area (Å²) in [5, 5.41) is 22.2. The third-order valence-electron chi connectivity index (χ3n) is 3.93. The van der Waals surface area contributed by atoms with Crippen molar-refractivity contribution < 1.29 is 32.8 Å². The van der Waals surface area contributed by atoms with E-state index in [-0.39, 0.29) is 23.1 Å². The zero-order valence-electron chi connectivity index (χ0n) is 13.4. The Kier molecular flexibility index (Phi) is 7.40. The van der Waals surface area contributed by atoms with E-state index >= 15 is 0 Å². The number of nitro benzene ring substituents is 1. The molecule has 1 aliphatic rings. The molecule has 0 saturated carbocycles. The van der Waals surface area contributed by atoms with Crippen LogP contribution in [0.4, 0.5) is 24.5 Å². The minimum absolute atomic E-state index is 0. The first-order chi connectivity index (χ1) is 12.0. The van der Waals surface area contributed by atoms with Gasteiger partial charge in [-0.1, -0.05) is 11.6 Å². The summed E-state index contributed by atoms with van der Waals surface area (Å²) in [6, 6.07) is 3.52. The van der Waals surface area contributed by atoms with Gasteiger partial charge in [-0.2, -0.15) is 13.2 Å². The molecule has 0 aliphatic carbocycles. The number of hydrogen-bond donors (Lipinski definition) is 2. The number of carboxylic acids is 1. The van der Waals surface area contributed by atoms with E-state index in [9.17, 15) is 32.9 Å². The summed E-state index contributed by atoms with van der Waals surface area (Å²) in [5.74, 6) is -6.16. The maximum atomic E-state index is 12.9. The number of nitrogens with one attached hydrogen (secondary N) is 1. The normalized spacial score (nSPS) is 20.0. The fourth-order valence-corrected chi connectivity index (χ4v) is 2.92. The lowest BCUT2D eigenvalue weighted by atomic mass is 9.96. The van der Waals surface area contributed by atoms with Crippen molar-refractivity contribution in [2.75, 3.05) is 25.0 Å². The largest absolute Gasteiger partial charge is 0.481 e. The molecule has 1 aromatic rings. The van der Waals surface area contributed by atoms with Crippen LogP contribution in [0, 0.1) is 22.0 Å². The molecule has 1 aliphatic heterocycles. The van der Waals surface area contributed by atoms with Crippen LogP contribution in [0.1, 0.15) is 0 Å². The smallest absolute Gasteiger partial charge is 0.393 e. The Morgan fingerprint density at radius 2 is 2.00 bits per heavy atom. The average Bonchev–Trinajstić information content (AvgIpc) is 2.93. The number of carbonyl (C=O) groups is 2. The molecule has 1 amide bonds. The van der Waals surface area contributed by atoms with Gasteiger partial charge in [0.1, 0.15) is 5.69 Å². The Bertz CT molecular complexity index is 747. The number of anilines is 1. The van der Waals surface area contributed by atoms with E-state index in [4.69, 9.17) is 16.7 Å². The van der Waals surface area contributed by atoms with Crippen LogP contribution in [0.3, 0.4) is 0 Å². The maximum absolute atomic E-state index is 12.9. The standard InChI is InChI=1S/C14H13ClF3N3O5.ClH/c15-7-1-2-10(11(3-7)21(25)26)19-12(22)6-20-4-8(13(23)24)9(5-20)14(16,17)18;/h1-3,8-9H,4-6H2,(H,19,22)(H,23,24);1H/t8-,9-;/m1./s1. The van der Waals surface area contributed by atoms with Crippen molar-refractivity contribution in [2.24, 2.45) is 11.8 Å². The summed E-state index contributed by atoms with van der Waals surface area (Å²) in [4.78, 5) is 34.3. The lowest BCUT2D eigenvalue weighted by molar-refractivity contribution is -0.383. The number of rotatable bonds is 5. The van der Waals surface area contributed by atoms with E-state index in [0.717, 1.165) is 11.0 Å². The molecule has 2 rings (SSSR count). The number of nitro groups is 1. The van der Waals surface area contributed by atoms with Crippen molar-refractivity contribution in [1.82, 2.24) is 4.90 Å². The number of alkyl halides is 3. The van der Waals surface area contributed by atoms with Gasteiger partial charge in [0.05, 0.1) is 23.3 Å². The molecular weight excluding hydrogens is 418 g/mol. The van der Waals surface area contributed by atoms with Gasteiger partial charge in [0.2, 0.25) is 5.91 Å². The van der Waals surface area contributed by atoms with E-state index in [2.05, 4.69) is 5.32 Å². The van der Waals surface area contributed by atoms with Gasteiger partial charge in [0.15, 0.2) is 0 Å². The number of nitrogens with zero attached hydrogens (tertiary/aromatic N) is 2. The molecule has 27 heavy (non-hydrogen) atoms. The molecule has 0 spiro atoms. The minimum Gasteiger partial charge on any atom is -0.481 e. The maximum Gasteiger partial charge on any atom is 0.393 e. The number of benzene rings is 1. The summed E-state index contributed by atoms with van der Waals surface area (Å²) >= 11 is 5.65. The molecule has 150 valence electrons. The lowest BCUT2D eigenvalue weighted by Crippen LogP contribution is -2.34. The summed E-state index contributed by atoms with van der Waals surface area (Å²) in [5.41, 5.74) is -0.630. The predicted octanol–water partition coefficient (Wildman–Crippen LogP) is 2.80.